The number of aliphatic hydroxyl groups is 1. The highest BCUT2D eigenvalue weighted by Gasteiger charge is 2.31. The van der Waals surface area contributed by atoms with Gasteiger partial charge < -0.3 is 9.90 Å². The fraction of sp³-hybridized carbons (Fsp3) is 0.417. The average Bonchev–Trinajstić information content (AvgIpc) is 2.43. The van der Waals surface area contributed by atoms with Gasteiger partial charge in [-0.3, -0.25) is 0 Å². The van der Waals surface area contributed by atoms with E-state index in [2.05, 4.69) is 0 Å². The summed E-state index contributed by atoms with van der Waals surface area (Å²) in [7, 11) is 0. The summed E-state index contributed by atoms with van der Waals surface area (Å²) >= 11 is 0. The van der Waals surface area contributed by atoms with E-state index in [1.807, 2.05) is 24.3 Å². The molecule has 1 N–H and O–H groups in total. The molecule has 2 heteroatoms. The minimum absolute atomic E-state index is 0.0173. The first kappa shape index (κ1) is 9.41. The van der Waals surface area contributed by atoms with E-state index in [0.717, 1.165) is 5.56 Å². The molecule has 0 unspecified atom stereocenters. The highest BCUT2D eigenvalue weighted by Crippen LogP contribution is 2.35. The lowest BCUT2D eigenvalue weighted by atomic mass is 9.94. The molecule has 0 aromatic heterocycles. The summed E-state index contributed by atoms with van der Waals surface area (Å²) in [6.07, 6.45) is 0.767. The van der Waals surface area contributed by atoms with Crippen molar-refractivity contribution in [2.24, 2.45) is 0 Å². The van der Waals surface area contributed by atoms with Crippen LogP contribution >= 0.6 is 0 Å². The molecule has 0 saturated heterocycles. The number of Topliss-reactive ketones (excluding diaryl/α,β-unsaturated/α-hetero) is 1. The zero-order valence-electron chi connectivity index (χ0n) is 8.23. The summed E-state index contributed by atoms with van der Waals surface area (Å²) in [5.74, 6) is 0.162. The first-order valence-corrected chi connectivity index (χ1v) is 4.94. The first-order chi connectivity index (χ1) is 6.68. The monoisotopic (exact) mass is 190 g/mol. The number of ketones is 1. The molecule has 1 aromatic rings. The van der Waals surface area contributed by atoms with E-state index < -0.39 is 0 Å². The molecule has 0 aliphatic heterocycles. The van der Waals surface area contributed by atoms with Gasteiger partial charge in [-0.05, 0) is 24.5 Å². The van der Waals surface area contributed by atoms with Crippen LogP contribution in [0.25, 0.3) is 0 Å². The van der Waals surface area contributed by atoms with Gasteiger partial charge in [0, 0.05) is 12.3 Å². The first-order valence-electron chi connectivity index (χ1n) is 4.94. The van der Waals surface area contributed by atoms with Crippen molar-refractivity contribution in [1.29, 1.82) is 0 Å². The molecule has 14 heavy (non-hydrogen) atoms. The van der Waals surface area contributed by atoms with E-state index in [4.69, 9.17) is 0 Å². The maximum atomic E-state index is 11.0. The Morgan fingerprint density at radius 2 is 2.21 bits per heavy atom. The van der Waals surface area contributed by atoms with Crippen LogP contribution in [0.4, 0.5) is 0 Å². The number of benzene rings is 1. The van der Waals surface area contributed by atoms with Gasteiger partial charge in [-0.15, -0.1) is 0 Å². The second-order valence-electron chi connectivity index (χ2n) is 3.98. The molecule has 0 spiro atoms. The highest BCUT2D eigenvalue weighted by atomic mass is 16.3. The number of fused-ring (bicyclic) bond motifs is 1. The minimum Gasteiger partial charge on any atom is -0.392 e. The normalized spacial score (nSPS) is 24.7. The summed E-state index contributed by atoms with van der Waals surface area (Å²) in [5, 5.41) is 9.81. The number of carbonyl (C=O) groups is 1. The molecule has 74 valence electrons. The van der Waals surface area contributed by atoms with Crippen LogP contribution in [-0.4, -0.2) is 17.0 Å². The molecular weight excluding hydrogens is 176 g/mol. The SMILES string of the molecule is CC(=O)C[C@@H]1c2ccccc2C[C@@H]1O. The number of rotatable bonds is 2. The molecular formula is C12H14O2. The molecule has 0 bridgehead atoms. The van der Waals surface area contributed by atoms with Gasteiger partial charge in [0.15, 0.2) is 0 Å². The fourth-order valence-corrected chi connectivity index (χ4v) is 2.21. The second-order valence-corrected chi connectivity index (χ2v) is 3.98. The zero-order valence-corrected chi connectivity index (χ0v) is 8.23. The van der Waals surface area contributed by atoms with E-state index >= 15 is 0 Å². The van der Waals surface area contributed by atoms with Gasteiger partial charge in [0.2, 0.25) is 0 Å². The Kier molecular flexibility index (Phi) is 2.38. The molecule has 2 nitrogen and oxygen atoms in total. The standard InChI is InChI=1S/C12H14O2/c1-8(13)6-11-10-5-3-2-4-9(10)7-12(11)14/h2-5,11-12,14H,6-7H2,1H3/t11-,12+/m1/s1. The Bertz CT molecular complexity index is 357. The van der Waals surface area contributed by atoms with Crippen molar-refractivity contribution in [1.82, 2.24) is 0 Å². The summed E-state index contributed by atoms with van der Waals surface area (Å²) in [6, 6.07) is 7.98. The van der Waals surface area contributed by atoms with E-state index in [-0.39, 0.29) is 17.8 Å². The number of carbonyl (C=O) groups excluding carboxylic acids is 1. The third-order valence-corrected chi connectivity index (χ3v) is 2.86. The Hall–Kier alpha value is -1.15. The van der Waals surface area contributed by atoms with E-state index in [9.17, 15) is 9.90 Å². The minimum atomic E-state index is -0.378. The molecule has 0 amide bonds. The van der Waals surface area contributed by atoms with Crippen LogP contribution in [0.5, 0.6) is 0 Å². The molecule has 1 aliphatic rings. The van der Waals surface area contributed by atoms with Crippen LogP contribution in [0.1, 0.15) is 30.4 Å². The lowest BCUT2D eigenvalue weighted by Gasteiger charge is -2.13. The van der Waals surface area contributed by atoms with Gasteiger partial charge in [0.25, 0.3) is 0 Å². The van der Waals surface area contributed by atoms with Crippen molar-refractivity contribution >= 4 is 5.78 Å². The molecule has 1 aromatic carbocycles. The van der Waals surface area contributed by atoms with Crippen molar-refractivity contribution in [3.05, 3.63) is 35.4 Å². The molecule has 0 heterocycles. The van der Waals surface area contributed by atoms with Crippen molar-refractivity contribution in [3.8, 4) is 0 Å². The van der Waals surface area contributed by atoms with E-state index in [1.54, 1.807) is 6.92 Å². The second kappa shape index (κ2) is 3.54. The summed E-state index contributed by atoms with van der Waals surface area (Å²) in [6.45, 7) is 1.58. The average molecular weight is 190 g/mol. The predicted octanol–water partition coefficient (Wildman–Crippen LogP) is 1.67. The number of aliphatic hydroxyl groups excluding tert-OH is 1. The summed E-state index contributed by atoms with van der Waals surface area (Å²) in [4.78, 5) is 11.0. The molecule has 0 saturated carbocycles. The molecule has 0 radical (unpaired) electrons. The smallest absolute Gasteiger partial charge is 0.130 e. The maximum absolute atomic E-state index is 11.0. The van der Waals surface area contributed by atoms with Crippen molar-refractivity contribution < 1.29 is 9.90 Å². The number of hydrogen-bond acceptors (Lipinski definition) is 2. The van der Waals surface area contributed by atoms with E-state index in [0.29, 0.717) is 12.8 Å². The molecule has 1 aliphatic carbocycles. The fourth-order valence-electron chi connectivity index (χ4n) is 2.21. The Balaban J connectivity index is 2.30. The largest absolute Gasteiger partial charge is 0.392 e. The van der Waals surface area contributed by atoms with Crippen molar-refractivity contribution in [2.45, 2.75) is 31.8 Å². The van der Waals surface area contributed by atoms with Gasteiger partial charge in [-0.1, -0.05) is 24.3 Å². The predicted molar refractivity (Wildman–Crippen MR) is 54.2 cm³/mol. The third-order valence-electron chi connectivity index (χ3n) is 2.86. The van der Waals surface area contributed by atoms with Crippen LogP contribution in [0.15, 0.2) is 24.3 Å². The lowest BCUT2D eigenvalue weighted by molar-refractivity contribution is -0.117. The Morgan fingerprint density at radius 3 is 2.93 bits per heavy atom. The Labute approximate surface area is 83.6 Å². The van der Waals surface area contributed by atoms with Gasteiger partial charge >= 0.3 is 0 Å². The van der Waals surface area contributed by atoms with Crippen molar-refractivity contribution in [3.63, 3.8) is 0 Å². The quantitative estimate of drug-likeness (QED) is 0.770. The van der Waals surface area contributed by atoms with Gasteiger partial charge in [-0.2, -0.15) is 0 Å². The van der Waals surface area contributed by atoms with E-state index in [1.165, 1.54) is 5.56 Å². The van der Waals surface area contributed by atoms with Crippen LogP contribution in [0.3, 0.4) is 0 Å². The molecule has 0 fully saturated rings. The van der Waals surface area contributed by atoms with Crippen LogP contribution < -0.4 is 0 Å². The lowest BCUT2D eigenvalue weighted by Crippen LogP contribution is -2.15. The topological polar surface area (TPSA) is 37.3 Å². The summed E-state index contributed by atoms with van der Waals surface area (Å²) in [5.41, 5.74) is 2.33. The number of hydrogen-bond donors (Lipinski definition) is 1. The van der Waals surface area contributed by atoms with Gasteiger partial charge in [0.05, 0.1) is 6.10 Å². The third kappa shape index (κ3) is 1.58. The Morgan fingerprint density at radius 1 is 1.50 bits per heavy atom. The van der Waals surface area contributed by atoms with Crippen LogP contribution in [0, 0.1) is 0 Å². The summed E-state index contributed by atoms with van der Waals surface area (Å²) < 4.78 is 0. The van der Waals surface area contributed by atoms with Crippen LogP contribution in [0.2, 0.25) is 0 Å². The van der Waals surface area contributed by atoms with Crippen molar-refractivity contribution in [2.75, 3.05) is 0 Å². The molecule has 2 rings (SSSR count). The molecule has 2 atom stereocenters. The van der Waals surface area contributed by atoms with Gasteiger partial charge in [0.1, 0.15) is 5.78 Å². The maximum Gasteiger partial charge on any atom is 0.130 e. The van der Waals surface area contributed by atoms with Gasteiger partial charge in [-0.25, -0.2) is 0 Å². The van der Waals surface area contributed by atoms with Crippen LogP contribution in [-0.2, 0) is 11.2 Å². The highest BCUT2D eigenvalue weighted by molar-refractivity contribution is 5.76. The zero-order chi connectivity index (χ0) is 10.1.